The van der Waals surface area contributed by atoms with Gasteiger partial charge < -0.3 is 14.5 Å². The number of aromatic nitrogens is 2. The zero-order chi connectivity index (χ0) is 20.1. The van der Waals surface area contributed by atoms with Crippen molar-refractivity contribution in [1.29, 1.82) is 0 Å². The highest BCUT2D eigenvalue weighted by molar-refractivity contribution is 9.10. The molecular formula is C22H29BrN4OS. The van der Waals surface area contributed by atoms with Gasteiger partial charge in [-0.15, -0.1) is 0 Å². The molecule has 2 aliphatic heterocycles. The van der Waals surface area contributed by atoms with E-state index < -0.39 is 0 Å². The second kappa shape index (κ2) is 10.1. The maximum absolute atomic E-state index is 5.52. The number of anilines is 1. The van der Waals surface area contributed by atoms with Gasteiger partial charge in [0, 0.05) is 47.3 Å². The lowest BCUT2D eigenvalue weighted by molar-refractivity contribution is 0.141. The molecule has 3 heterocycles. The van der Waals surface area contributed by atoms with Gasteiger partial charge in [0.05, 0.1) is 7.11 Å². The van der Waals surface area contributed by atoms with Gasteiger partial charge in [-0.3, -0.25) is 0 Å². The molecule has 0 unspecified atom stereocenters. The van der Waals surface area contributed by atoms with Crippen LogP contribution in [0.3, 0.4) is 0 Å². The largest absolute Gasteiger partial charge is 0.496 e. The summed E-state index contributed by atoms with van der Waals surface area (Å²) in [7, 11) is 1.72. The zero-order valence-corrected chi connectivity index (χ0v) is 19.4. The average Bonchev–Trinajstić information content (AvgIpc) is 2.79. The number of likely N-dealkylation sites (tertiary alicyclic amines) is 1. The highest BCUT2D eigenvalue weighted by atomic mass is 79.9. The summed E-state index contributed by atoms with van der Waals surface area (Å²) in [5, 5.41) is 1.01. The van der Waals surface area contributed by atoms with Crippen molar-refractivity contribution in [3.05, 3.63) is 40.6 Å². The first-order valence-electron chi connectivity index (χ1n) is 10.5. The van der Waals surface area contributed by atoms with E-state index in [4.69, 9.17) is 9.72 Å². The Labute approximate surface area is 186 Å². The number of nitrogens with zero attached hydrogens (tertiary/aromatic N) is 4. The van der Waals surface area contributed by atoms with Crippen molar-refractivity contribution in [2.45, 2.75) is 48.9 Å². The monoisotopic (exact) mass is 476 g/mol. The molecule has 5 nitrogen and oxygen atoms in total. The molecule has 7 heteroatoms. The molecule has 156 valence electrons. The Bertz CT molecular complexity index is 807. The summed E-state index contributed by atoms with van der Waals surface area (Å²) < 4.78 is 6.58. The molecule has 0 N–H and O–H groups in total. The van der Waals surface area contributed by atoms with E-state index in [1.807, 2.05) is 18.3 Å². The van der Waals surface area contributed by atoms with Crippen molar-refractivity contribution in [2.24, 2.45) is 0 Å². The van der Waals surface area contributed by atoms with E-state index in [9.17, 15) is 0 Å². The molecule has 0 bridgehead atoms. The average molecular weight is 477 g/mol. The van der Waals surface area contributed by atoms with E-state index in [1.54, 1.807) is 25.1 Å². The molecule has 1 aromatic carbocycles. The van der Waals surface area contributed by atoms with Crippen LogP contribution in [0.15, 0.2) is 40.1 Å². The van der Waals surface area contributed by atoms with Crippen LogP contribution in [0.5, 0.6) is 5.75 Å². The molecule has 0 amide bonds. The van der Waals surface area contributed by atoms with E-state index in [0.717, 1.165) is 51.5 Å². The Morgan fingerprint density at radius 2 is 1.83 bits per heavy atom. The van der Waals surface area contributed by atoms with E-state index in [-0.39, 0.29) is 0 Å². The predicted molar refractivity (Wildman–Crippen MR) is 123 cm³/mol. The fourth-order valence-electron chi connectivity index (χ4n) is 4.37. The summed E-state index contributed by atoms with van der Waals surface area (Å²) in [4.78, 5) is 14.5. The number of ether oxygens (including phenoxy) is 1. The fraction of sp³-hybridized carbons (Fsp3) is 0.545. The summed E-state index contributed by atoms with van der Waals surface area (Å²) in [6, 6.07) is 6.87. The number of thioether (sulfide) groups is 1. The number of piperidine rings is 2. The van der Waals surface area contributed by atoms with Crippen molar-refractivity contribution in [3.8, 4) is 5.75 Å². The van der Waals surface area contributed by atoms with Crippen LogP contribution < -0.4 is 9.64 Å². The summed E-state index contributed by atoms with van der Waals surface area (Å²) in [5.74, 6) is 2.75. The molecule has 0 saturated carbocycles. The van der Waals surface area contributed by atoms with Crippen LogP contribution in [-0.2, 0) is 5.75 Å². The quantitative estimate of drug-likeness (QED) is 0.546. The van der Waals surface area contributed by atoms with Crippen LogP contribution in [0.4, 0.5) is 5.82 Å². The van der Waals surface area contributed by atoms with Crippen molar-refractivity contribution in [2.75, 3.05) is 38.2 Å². The van der Waals surface area contributed by atoms with Crippen LogP contribution in [-0.4, -0.2) is 54.2 Å². The summed E-state index contributed by atoms with van der Waals surface area (Å²) >= 11 is 5.30. The maximum atomic E-state index is 5.52. The Hall–Kier alpha value is -1.31. The van der Waals surface area contributed by atoms with E-state index in [2.05, 4.69) is 36.8 Å². The van der Waals surface area contributed by atoms with Crippen LogP contribution in [0, 0.1) is 0 Å². The Kier molecular flexibility index (Phi) is 7.32. The number of benzene rings is 1. The van der Waals surface area contributed by atoms with Crippen LogP contribution in [0.1, 0.15) is 37.7 Å². The fourth-order valence-corrected chi connectivity index (χ4v) is 5.74. The lowest BCUT2D eigenvalue weighted by Crippen LogP contribution is -2.47. The predicted octanol–water partition coefficient (Wildman–Crippen LogP) is 4.99. The molecule has 0 aliphatic carbocycles. The normalized spacial score (nSPS) is 18.8. The number of hydrogen-bond donors (Lipinski definition) is 0. The molecular weight excluding hydrogens is 448 g/mol. The maximum Gasteiger partial charge on any atom is 0.161 e. The highest BCUT2D eigenvalue weighted by Gasteiger charge is 2.27. The van der Waals surface area contributed by atoms with Crippen LogP contribution >= 0.6 is 27.7 Å². The lowest BCUT2D eigenvalue weighted by Gasteiger charge is -2.40. The van der Waals surface area contributed by atoms with Gasteiger partial charge in [-0.2, -0.15) is 0 Å². The second-order valence-corrected chi connectivity index (χ2v) is 9.62. The minimum absolute atomic E-state index is 0.741. The molecule has 2 fully saturated rings. The summed E-state index contributed by atoms with van der Waals surface area (Å²) in [6.07, 6.45) is 10.2. The third-order valence-corrected chi connectivity index (χ3v) is 7.43. The Morgan fingerprint density at radius 3 is 2.59 bits per heavy atom. The standard InChI is InChI=1S/C22H29BrN4OS/c1-28-20-6-5-18(23)15-17(20)16-29-22-21(24-9-10-25-22)27-13-7-19(8-14-27)26-11-3-2-4-12-26/h5-6,9-10,15,19H,2-4,7-8,11-14,16H2,1H3. The highest BCUT2D eigenvalue weighted by Crippen LogP contribution is 2.34. The first kappa shape index (κ1) is 20.9. The molecule has 0 spiro atoms. The van der Waals surface area contributed by atoms with Gasteiger partial charge in [0.25, 0.3) is 0 Å². The van der Waals surface area contributed by atoms with Crippen LogP contribution in [0.25, 0.3) is 0 Å². The molecule has 1 aromatic heterocycles. The number of methoxy groups -OCH3 is 1. The summed E-state index contributed by atoms with van der Waals surface area (Å²) in [6.45, 7) is 4.69. The van der Waals surface area contributed by atoms with Crippen LogP contribution in [0.2, 0.25) is 0 Å². The zero-order valence-electron chi connectivity index (χ0n) is 17.0. The first-order valence-corrected chi connectivity index (χ1v) is 12.3. The van der Waals surface area contributed by atoms with E-state index in [0.29, 0.717) is 0 Å². The van der Waals surface area contributed by atoms with Gasteiger partial charge in [-0.25, -0.2) is 9.97 Å². The van der Waals surface area contributed by atoms with E-state index >= 15 is 0 Å². The van der Waals surface area contributed by atoms with Crippen molar-refractivity contribution in [3.63, 3.8) is 0 Å². The van der Waals surface area contributed by atoms with Gasteiger partial charge in [-0.05, 0) is 57.0 Å². The van der Waals surface area contributed by atoms with E-state index in [1.165, 1.54) is 45.2 Å². The first-order chi connectivity index (χ1) is 14.2. The molecule has 0 radical (unpaired) electrons. The lowest BCUT2D eigenvalue weighted by atomic mass is 10.00. The Balaban J connectivity index is 1.41. The number of rotatable bonds is 6. The van der Waals surface area contributed by atoms with Crippen molar-refractivity contribution >= 4 is 33.5 Å². The third-order valence-electron chi connectivity index (χ3n) is 5.92. The molecule has 2 saturated heterocycles. The van der Waals surface area contributed by atoms with Gasteiger partial charge in [-0.1, -0.05) is 34.1 Å². The molecule has 2 aliphatic rings. The molecule has 4 rings (SSSR count). The molecule has 0 atom stereocenters. The Morgan fingerprint density at radius 1 is 1.07 bits per heavy atom. The van der Waals surface area contributed by atoms with Gasteiger partial charge in [0.2, 0.25) is 0 Å². The number of hydrogen-bond acceptors (Lipinski definition) is 6. The number of halogens is 1. The van der Waals surface area contributed by atoms with Gasteiger partial charge >= 0.3 is 0 Å². The van der Waals surface area contributed by atoms with Gasteiger partial charge in [0.15, 0.2) is 5.82 Å². The smallest absolute Gasteiger partial charge is 0.161 e. The second-order valence-electron chi connectivity index (χ2n) is 7.74. The molecule has 2 aromatic rings. The van der Waals surface area contributed by atoms with Crippen molar-refractivity contribution in [1.82, 2.24) is 14.9 Å². The SMILES string of the molecule is COc1ccc(Br)cc1CSc1nccnc1N1CCC(N2CCCCC2)CC1. The third kappa shape index (κ3) is 5.25. The summed E-state index contributed by atoms with van der Waals surface area (Å²) in [5.41, 5.74) is 1.16. The topological polar surface area (TPSA) is 41.5 Å². The minimum atomic E-state index is 0.741. The minimum Gasteiger partial charge on any atom is -0.496 e. The molecule has 29 heavy (non-hydrogen) atoms. The van der Waals surface area contributed by atoms with Crippen molar-refractivity contribution < 1.29 is 4.74 Å². The van der Waals surface area contributed by atoms with Gasteiger partial charge in [0.1, 0.15) is 10.8 Å².